The fourth-order valence-electron chi connectivity index (χ4n) is 2.82. The molecule has 0 atom stereocenters. The van der Waals surface area contributed by atoms with Crippen LogP contribution in [0.4, 0.5) is 0 Å². The van der Waals surface area contributed by atoms with Gasteiger partial charge in [0, 0.05) is 5.75 Å². The van der Waals surface area contributed by atoms with Crippen molar-refractivity contribution in [1.29, 1.82) is 0 Å². The van der Waals surface area contributed by atoms with E-state index in [0.717, 1.165) is 0 Å². The maximum absolute atomic E-state index is 3.14. The third kappa shape index (κ3) is 20.3. The molecule has 128 valence electrons. The highest BCUT2D eigenvalue weighted by Gasteiger charge is 1.94. The van der Waals surface area contributed by atoms with Gasteiger partial charge in [0.15, 0.2) is 0 Å². The summed E-state index contributed by atoms with van der Waals surface area (Å²) in [6.45, 7) is 2.29. The lowest BCUT2D eigenvalue weighted by molar-refractivity contribution is 0.531. The number of unbranched alkanes of at least 4 members (excludes halogenated alkanes) is 15. The van der Waals surface area contributed by atoms with Gasteiger partial charge in [-0.25, -0.2) is 0 Å². The smallest absolute Gasteiger partial charge is 0.00785 e. The first-order valence-electron chi connectivity index (χ1n) is 9.70. The Morgan fingerprint density at radius 2 is 0.857 bits per heavy atom. The molecule has 1 nitrogen and oxygen atoms in total. The summed E-state index contributed by atoms with van der Waals surface area (Å²) in [6, 6.07) is 0. The first-order chi connectivity index (χ1) is 10.4. The highest BCUT2D eigenvalue weighted by molar-refractivity contribution is 7.97. The number of hydrogen-bond donors (Lipinski definition) is 1. The van der Waals surface area contributed by atoms with E-state index in [0.29, 0.717) is 0 Å². The predicted molar refractivity (Wildman–Crippen MR) is 101 cm³/mol. The van der Waals surface area contributed by atoms with E-state index in [4.69, 9.17) is 0 Å². The molecule has 0 aliphatic rings. The zero-order valence-corrected chi connectivity index (χ0v) is 15.7. The maximum atomic E-state index is 3.14. The largest absolute Gasteiger partial charge is 0.267 e. The summed E-state index contributed by atoms with van der Waals surface area (Å²) in [5, 5.41) is 0. The monoisotopic (exact) mass is 315 g/mol. The molecule has 21 heavy (non-hydrogen) atoms. The standard InChI is InChI=1S/C19H41NS/c1-3-4-5-6-7-8-9-10-11-12-13-14-15-16-17-18-19-21-20-2/h20H,3-19H2,1-2H3. The average Bonchev–Trinajstić information content (AvgIpc) is 2.50. The summed E-state index contributed by atoms with van der Waals surface area (Å²) in [5.74, 6) is 1.27. The van der Waals surface area contributed by atoms with Crippen LogP contribution in [0.5, 0.6) is 0 Å². The molecule has 0 rings (SSSR count). The van der Waals surface area contributed by atoms with Gasteiger partial charge in [0.2, 0.25) is 0 Å². The Balaban J connectivity index is 2.90. The van der Waals surface area contributed by atoms with E-state index in [1.54, 1.807) is 0 Å². The molecule has 0 spiro atoms. The average molecular weight is 316 g/mol. The van der Waals surface area contributed by atoms with Crippen LogP contribution in [-0.2, 0) is 0 Å². The molecule has 0 radical (unpaired) electrons. The van der Waals surface area contributed by atoms with Crippen LogP contribution in [0.2, 0.25) is 0 Å². The minimum absolute atomic E-state index is 1.27. The normalized spacial score (nSPS) is 11.1. The van der Waals surface area contributed by atoms with E-state index < -0.39 is 0 Å². The van der Waals surface area contributed by atoms with E-state index in [1.807, 2.05) is 19.0 Å². The van der Waals surface area contributed by atoms with E-state index in [2.05, 4.69) is 11.6 Å². The summed E-state index contributed by atoms with van der Waals surface area (Å²) in [5.41, 5.74) is 0. The van der Waals surface area contributed by atoms with Gasteiger partial charge in [-0.1, -0.05) is 115 Å². The third-order valence-corrected chi connectivity index (χ3v) is 5.03. The van der Waals surface area contributed by atoms with Crippen LogP contribution in [0.25, 0.3) is 0 Å². The topological polar surface area (TPSA) is 12.0 Å². The molecular weight excluding hydrogens is 274 g/mol. The second-order valence-corrected chi connectivity index (χ2v) is 7.46. The first-order valence-corrected chi connectivity index (χ1v) is 10.7. The van der Waals surface area contributed by atoms with Crippen molar-refractivity contribution in [3.05, 3.63) is 0 Å². The van der Waals surface area contributed by atoms with Crippen molar-refractivity contribution in [2.45, 2.75) is 110 Å². The summed E-state index contributed by atoms with van der Waals surface area (Å²) < 4.78 is 3.14. The van der Waals surface area contributed by atoms with Gasteiger partial charge in [0.25, 0.3) is 0 Å². The van der Waals surface area contributed by atoms with Gasteiger partial charge < -0.3 is 0 Å². The van der Waals surface area contributed by atoms with Crippen LogP contribution in [0, 0.1) is 0 Å². The number of hydrogen-bond acceptors (Lipinski definition) is 2. The first kappa shape index (κ1) is 21.3. The van der Waals surface area contributed by atoms with Gasteiger partial charge in [-0.2, -0.15) is 0 Å². The predicted octanol–water partition coefficient (Wildman–Crippen LogP) is 7.12. The van der Waals surface area contributed by atoms with Gasteiger partial charge in [-0.15, -0.1) is 0 Å². The SMILES string of the molecule is CCCCCCCCCCCCCCCCCCSNC. The van der Waals surface area contributed by atoms with Crippen molar-refractivity contribution in [3.8, 4) is 0 Å². The van der Waals surface area contributed by atoms with E-state index in [9.17, 15) is 0 Å². The molecule has 2 heteroatoms. The molecule has 0 heterocycles. The van der Waals surface area contributed by atoms with Crippen molar-refractivity contribution in [1.82, 2.24) is 4.72 Å². The molecule has 0 saturated carbocycles. The Labute approximate surface area is 139 Å². The molecule has 0 aromatic carbocycles. The van der Waals surface area contributed by atoms with E-state index in [-0.39, 0.29) is 0 Å². The van der Waals surface area contributed by atoms with Gasteiger partial charge in [-0.05, 0) is 13.5 Å². The number of rotatable bonds is 18. The highest BCUT2D eigenvalue weighted by atomic mass is 32.2. The second kappa shape index (κ2) is 20.3. The number of nitrogens with one attached hydrogen (secondary N) is 1. The molecule has 0 bridgehead atoms. The summed E-state index contributed by atoms with van der Waals surface area (Å²) in [6.07, 6.45) is 23.3. The quantitative estimate of drug-likeness (QED) is 0.213. The van der Waals surface area contributed by atoms with Crippen molar-refractivity contribution < 1.29 is 0 Å². The van der Waals surface area contributed by atoms with Gasteiger partial charge in [0.05, 0.1) is 0 Å². The van der Waals surface area contributed by atoms with Crippen LogP contribution in [-0.4, -0.2) is 12.8 Å². The summed E-state index contributed by atoms with van der Waals surface area (Å²) >= 11 is 1.84. The Hall–Kier alpha value is 0.310. The Kier molecular flexibility index (Phi) is 20.6. The van der Waals surface area contributed by atoms with Crippen LogP contribution in [0.3, 0.4) is 0 Å². The zero-order valence-electron chi connectivity index (χ0n) is 14.9. The lowest BCUT2D eigenvalue weighted by Crippen LogP contribution is -1.93. The Bertz CT molecular complexity index is 155. The van der Waals surface area contributed by atoms with Crippen LogP contribution in [0.1, 0.15) is 110 Å². The molecule has 0 aliphatic carbocycles. The van der Waals surface area contributed by atoms with Crippen molar-refractivity contribution >= 4 is 11.9 Å². The van der Waals surface area contributed by atoms with Gasteiger partial charge in [0.1, 0.15) is 0 Å². The van der Waals surface area contributed by atoms with E-state index >= 15 is 0 Å². The molecule has 0 amide bonds. The molecule has 0 aromatic rings. The molecule has 0 saturated heterocycles. The van der Waals surface area contributed by atoms with Crippen molar-refractivity contribution in [3.63, 3.8) is 0 Å². The van der Waals surface area contributed by atoms with Crippen molar-refractivity contribution in [2.75, 3.05) is 12.8 Å². The minimum atomic E-state index is 1.27. The third-order valence-electron chi connectivity index (χ3n) is 4.24. The molecule has 0 aliphatic heterocycles. The zero-order chi connectivity index (χ0) is 15.4. The Morgan fingerprint density at radius 3 is 1.19 bits per heavy atom. The molecule has 0 aromatic heterocycles. The second-order valence-electron chi connectivity index (χ2n) is 6.36. The summed E-state index contributed by atoms with van der Waals surface area (Å²) in [7, 11) is 2.01. The lowest BCUT2D eigenvalue weighted by Gasteiger charge is -2.03. The lowest BCUT2D eigenvalue weighted by atomic mass is 10.0. The fraction of sp³-hybridized carbons (Fsp3) is 1.00. The van der Waals surface area contributed by atoms with E-state index in [1.165, 1.54) is 108 Å². The molecule has 0 fully saturated rings. The summed E-state index contributed by atoms with van der Waals surface area (Å²) in [4.78, 5) is 0. The minimum Gasteiger partial charge on any atom is -0.267 e. The van der Waals surface area contributed by atoms with Gasteiger partial charge in [-0.3, -0.25) is 4.72 Å². The van der Waals surface area contributed by atoms with Crippen LogP contribution >= 0.6 is 11.9 Å². The molecule has 0 unspecified atom stereocenters. The maximum Gasteiger partial charge on any atom is 0.00785 e. The highest BCUT2D eigenvalue weighted by Crippen LogP contribution is 2.13. The molecular formula is C19H41NS. The van der Waals surface area contributed by atoms with Gasteiger partial charge >= 0.3 is 0 Å². The van der Waals surface area contributed by atoms with Crippen molar-refractivity contribution in [2.24, 2.45) is 0 Å². The fourth-order valence-corrected chi connectivity index (χ4v) is 3.38. The molecule has 1 N–H and O–H groups in total. The van der Waals surface area contributed by atoms with Crippen LogP contribution in [0.15, 0.2) is 0 Å². The van der Waals surface area contributed by atoms with Crippen LogP contribution < -0.4 is 4.72 Å². The Morgan fingerprint density at radius 1 is 0.524 bits per heavy atom.